The standard InChI is InChI=1S/C22H28N2O/c1-3-18-17-11-15(2)13-22(18,23-14-16-7-5-4-6-8-16)19-9-10-21(25)24-20(19)12-17/h3,9-11,14,16-17H,4-8,12-13H2,1-2H3,(H,24,25). The molecule has 0 spiro atoms. The van der Waals surface area contributed by atoms with E-state index in [9.17, 15) is 4.79 Å². The predicted octanol–water partition coefficient (Wildman–Crippen LogP) is 4.69. The van der Waals surface area contributed by atoms with Gasteiger partial charge in [0, 0.05) is 35.9 Å². The first-order valence-electron chi connectivity index (χ1n) is 9.74. The van der Waals surface area contributed by atoms with Crippen LogP contribution in [0.2, 0.25) is 0 Å². The highest BCUT2D eigenvalue weighted by molar-refractivity contribution is 5.64. The normalized spacial score (nSPS) is 31.2. The zero-order valence-corrected chi connectivity index (χ0v) is 15.3. The molecule has 3 nitrogen and oxygen atoms in total. The minimum Gasteiger partial charge on any atom is -0.326 e. The van der Waals surface area contributed by atoms with Crippen LogP contribution in [0.25, 0.3) is 0 Å². The fraction of sp³-hybridized carbons (Fsp3) is 0.545. The summed E-state index contributed by atoms with van der Waals surface area (Å²) in [5.41, 5.74) is 4.78. The summed E-state index contributed by atoms with van der Waals surface area (Å²) < 4.78 is 0. The van der Waals surface area contributed by atoms with Crippen molar-refractivity contribution in [3.8, 4) is 0 Å². The van der Waals surface area contributed by atoms with Gasteiger partial charge < -0.3 is 4.98 Å². The molecule has 0 amide bonds. The van der Waals surface area contributed by atoms with Crippen molar-refractivity contribution in [2.45, 2.75) is 64.3 Å². The van der Waals surface area contributed by atoms with Crippen molar-refractivity contribution in [2.75, 3.05) is 0 Å². The molecule has 0 aromatic carbocycles. The van der Waals surface area contributed by atoms with Crippen LogP contribution in [0.4, 0.5) is 0 Å². The number of fused-ring (bicyclic) bond motifs is 4. The van der Waals surface area contributed by atoms with E-state index in [1.807, 2.05) is 6.07 Å². The Balaban J connectivity index is 1.84. The Labute approximate surface area is 150 Å². The van der Waals surface area contributed by atoms with E-state index in [0.717, 1.165) is 18.5 Å². The summed E-state index contributed by atoms with van der Waals surface area (Å²) >= 11 is 0. The van der Waals surface area contributed by atoms with Crippen molar-refractivity contribution in [1.82, 2.24) is 4.98 Å². The number of aliphatic imine (C=N–C) groups is 1. The van der Waals surface area contributed by atoms with Gasteiger partial charge in [0.05, 0.1) is 0 Å². The summed E-state index contributed by atoms with van der Waals surface area (Å²) in [5.74, 6) is 0.965. The quantitative estimate of drug-likeness (QED) is 0.618. The molecule has 132 valence electrons. The van der Waals surface area contributed by atoms with Crippen LogP contribution in [0.3, 0.4) is 0 Å². The zero-order valence-electron chi connectivity index (χ0n) is 15.3. The molecule has 1 saturated carbocycles. The van der Waals surface area contributed by atoms with Crippen LogP contribution in [0.5, 0.6) is 0 Å². The minimum atomic E-state index is -0.312. The molecule has 2 bridgehead atoms. The first-order valence-corrected chi connectivity index (χ1v) is 9.74. The predicted molar refractivity (Wildman–Crippen MR) is 103 cm³/mol. The summed E-state index contributed by atoms with van der Waals surface area (Å²) in [4.78, 5) is 20.2. The van der Waals surface area contributed by atoms with Crippen molar-refractivity contribution in [1.29, 1.82) is 0 Å². The summed E-state index contributed by atoms with van der Waals surface area (Å²) in [5, 5.41) is 0. The third-order valence-electron chi connectivity index (χ3n) is 6.23. The smallest absolute Gasteiger partial charge is 0.248 e. The molecule has 4 rings (SSSR count). The molecule has 1 fully saturated rings. The molecular formula is C22H28N2O. The van der Waals surface area contributed by atoms with Gasteiger partial charge in [-0.2, -0.15) is 0 Å². The van der Waals surface area contributed by atoms with Gasteiger partial charge >= 0.3 is 0 Å². The lowest BCUT2D eigenvalue weighted by atomic mass is 9.63. The minimum absolute atomic E-state index is 0.00661. The van der Waals surface area contributed by atoms with Crippen LogP contribution in [-0.4, -0.2) is 11.2 Å². The Morgan fingerprint density at radius 1 is 1.24 bits per heavy atom. The number of aromatic nitrogens is 1. The SMILES string of the molecule is CC=C1C2C=C(C)CC1(N=CC1CCCCC1)c1ccc(=O)[nH]c1C2. The first-order chi connectivity index (χ1) is 12.1. The molecule has 25 heavy (non-hydrogen) atoms. The van der Waals surface area contributed by atoms with Crippen LogP contribution in [0.1, 0.15) is 63.6 Å². The van der Waals surface area contributed by atoms with E-state index in [-0.39, 0.29) is 11.1 Å². The fourth-order valence-corrected chi connectivity index (χ4v) is 5.17. The van der Waals surface area contributed by atoms with Gasteiger partial charge in [-0.15, -0.1) is 0 Å². The summed E-state index contributed by atoms with van der Waals surface area (Å²) in [6.45, 7) is 4.36. The van der Waals surface area contributed by atoms with Gasteiger partial charge in [-0.05, 0) is 50.7 Å². The second-order valence-corrected chi connectivity index (χ2v) is 8.00. The van der Waals surface area contributed by atoms with E-state index >= 15 is 0 Å². The first kappa shape index (κ1) is 16.6. The fourth-order valence-electron chi connectivity index (χ4n) is 5.17. The highest BCUT2D eigenvalue weighted by atomic mass is 16.1. The maximum Gasteiger partial charge on any atom is 0.248 e. The number of rotatable bonds is 2. The molecule has 1 aromatic rings. The molecule has 2 atom stereocenters. The van der Waals surface area contributed by atoms with Crippen LogP contribution in [-0.2, 0) is 12.0 Å². The highest BCUT2D eigenvalue weighted by Gasteiger charge is 2.46. The Kier molecular flexibility index (Phi) is 4.26. The van der Waals surface area contributed by atoms with E-state index in [1.54, 1.807) is 6.07 Å². The van der Waals surface area contributed by atoms with Crippen molar-refractivity contribution < 1.29 is 0 Å². The highest BCUT2D eigenvalue weighted by Crippen LogP contribution is 2.52. The van der Waals surface area contributed by atoms with E-state index in [2.05, 4.69) is 37.2 Å². The average molecular weight is 336 g/mol. The molecule has 0 radical (unpaired) electrons. The number of aromatic amines is 1. The van der Waals surface area contributed by atoms with Crippen molar-refractivity contribution in [3.63, 3.8) is 0 Å². The van der Waals surface area contributed by atoms with E-state index in [4.69, 9.17) is 4.99 Å². The molecule has 0 aliphatic heterocycles. The molecular weight excluding hydrogens is 308 g/mol. The van der Waals surface area contributed by atoms with E-state index < -0.39 is 0 Å². The Morgan fingerprint density at radius 2 is 2.04 bits per heavy atom. The maximum atomic E-state index is 11.9. The third-order valence-corrected chi connectivity index (χ3v) is 6.23. The van der Waals surface area contributed by atoms with Gasteiger partial charge in [-0.1, -0.05) is 37.0 Å². The Morgan fingerprint density at radius 3 is 2.80 bits per heavy atom. The molecule has 1 heterocycles. The average Bonchev–Trinajstić information content (AvgIpc) is 2.60. The van der Waals surface area contributed by atoms with Crippen molar-refractivity contribution >= 4 is 6.21 Å². The number of allylic oxidation sites excluding steroid dienone is 2. The lowest BCUT2D eigenvalue weighted by Gasteiger charge is -2.45. The van der Waals surface area contributed by atoms with E-state index in [0.29, 0.717) is 11.8 Å². The Bertz CT molecular complexity index is 808. The number of pyridine rings is 1. The molecule has 1 aromatic heterocycles. The zero-order chi connectivity index (χ0) is 17.4. The van der Waals surface area contributed by atoms with Crippen LogP contribution in [0, 0.1) is 11.8 Å². The molecule has 1 N–H and O–H groups in total. The Hall–Kier alpha value is -1.90. The lowest BCUT2D eigenvalue weighted by Crippen LogP contribution is -2.40. The van der Waals surface area contributed by atoms with Gasteiger partial charge in [-0.3, -0.25) is 9.79 Å². The second-order valence-electron chi connectivity index (χ2n) is 8.00. The molecule has 0 saturated heterocycles. The van der Waals surface area contributed by atoms with Gasteiger partial charge in [0.25, 0.3) is 0 Å². The lowest BCUT2D eigenvalue weighted by molar-refractivity contribution is 0.403. The number of nitrogens with zero attached hydrogens (tertiary/aromatic N) is 1. The van der Waals surface area contributed by atoms with Gasteiger partial charge in [-0.25, -0.2) is 0 Å². The van der Waals surface area contributed by atoms with Crippen LogP contribution >= 0.6 is 0 Å². The van der Waals surface area contributed by atoms with Gasteiger partial charge in [0.1, 0.15) is 5.54 Å². The number of H-pyrrole nitrogens is 1. The van der Waals surface area contributed by atoms with Crippen molar-refractivity contribution in [2.24, 2.45) is 16.8 Å². The van der Waals surface area contributed by atoms with Gasteiger partial charge in [0.2, 0.25) is 5.56 Å². The van der Waals surface area contributed by atoms with E-state index in [1.165, 1.54) is 48.8 Å². The molecule has 3 aliphatic carbocycles. The summed E-state index contributed by atoms with van der Waals surface area (Å²) in [6.07, 6.45) is 15.2. The molecule has 2 unspecified atom stereocenters. The maximum absolute atomic E-state index is 11.9. The number of hydrogen-bond acceptors (Lipinski definition) is 2. The monoisotopic (exact) mass is 336 g/mol. The van der Waals surface area contributed by atoms with Crippen LogP contribution in [0.15, 0.2) is 45.2 Å². The van der Waals surface area contributed by atoms with Crippen molar-refractivity contribution in [3.05, 3.63) is 57.0 Å². The van der Waals surface area contributed by atoms with Gasteiger partial charge in [0.15, 0.2) is 0 Å². The topological polar surface area (TPSA) is 45.2 Å². The summed E-state index contributed by atoms with van der Waals surface area (Å²) in [7, 11) is 0. The third kappa shape index (κ3) is 2.84. The molecule has 3 aliphatic rings. The second kappa shape index (κ2) is 6.44. The largest absolute Gasteiger partial charge is 0.326 e. The number of nitrogens with one attached hydrogen (secondary N) is 1. The summed E-state index contributed by atoms with van der Waals surface area (Å²) in [6, 6.07) is 3.68. The number of hydrogen-bond donors (Lipinski definition) is 1. The van der Waals surface area contributed by atoms with Crippen LogP contribution < -0.4 is 5.56 Å². The molecule has 3 heteroatoms.